The average Bonchev–Trinajstić information content (AvgIpc) is 2.47. The van der Waals surface area contributed by atoms with Crippen LogP contribution in [0, 0.1) is 0 Å². The van der Waals surface area contributed by atoms with Crippen molar-refractivity contribution in [1.29, 1.82) is 0 Å². The van der Waals surface area contributed by atoms with Crippen LogP contribution in [0.5, 0.6) is 5.75 Å². The summed E-state index contributed by atoms with van der Waals surface area (Å²) in [5, 5.41) is 0. The zero-order valence-electron chi connectivity index (χ0n) is 13.3. The zero-order chi connectivity index (χ0) is 16.0. The number of ether oxygens (including phenoxy) is 1. The second-order valence-electron chi connectivity index (χ2n) is 4.98. The van der Waals surface area contributed by atoms with Crippen LogP contribution in [0.25, 0.3) is 0 Å². The van der Waals surface area contributed by atoms with E-state index in [2.05, 4.69) is 0 Å². The van der Waals surface area contributed by atoms with Gasteiger partial charge in [-0.2, -0.15) is 4.31 Å². The van der Waals surface area contributed by atoms with Crippen LogP contribution in [-0.2, 0) is 16.4 Å². The van der Waals surface area contributed by atoms with Crippen LogP contribution >= 0.6 is 0 Å². The lowest BCUT2D eigenvalue weighted by Crippen LogP contribution is -2.38. The third-order valence-corrected chi connectivity index (χ3v) is 5.85. The van der Waals surface area contributed by atoms with E-state index in [1.54, 1.807) is 25.3 Å². The smallest absolute Gasteiger partial charge is 0.243 e. The fourth-order valence-corrected chi connectivity index (χ4v) is 4.28. The Labute approximate surface area is 128 Å². The molecule has 0 fully saturated rings. The Hall–Kier alpha value is -1.11. The standard InChI is InChI=1S/C15H26N2O3S/c1-5-12(3)17(6-2)21(18,19)15-8-7-14(20-4)11-13(15)9-10-16/h7-8,11-12H,5-6,9-10,16H2,1-4H3. The number of methoxy groups -OCH3 is 1. The Morgan fingerprint density at radius 3 is 2.48 bits per heavy atom. The highest BCUT2D eigenvalue weighted by molar-refractivity contribution is 7.89. The largest absolute Gasteiger partial charge is 0.497 e. The lowest BCUT2D eigenvalue weighted by Gasteiger charge is -2.27. The molecular formula is C15H26N2O3S. The summed E-state index contributed by atoms with van der Waals surface area (Å²) >= 11 is 0. The predicted molar refractivity (Wildman–Crippen MR) is 85.1 cm³/mol. The lowest BCUT2D eigenvalue weighted by molar-refractivity contribution is 0.342. The Morgan fingerprint density at radius 2 is 2.00 bits per heavy atom. The van der Waals surface area contributed by atoms with Gasteiger partial charge in [-0.15, -0.1) is 0 Å². The molecule has 0 radical (unpaired) electrons. The molecule has 0 aliphatic heterocycles. The quantitative estimate of drug-likeness (QED) is 0.796. The maximum Gasteiger partial charge on any atom is 0.243 e. The van der Waals surface area contributed by atoms with Gasteiger partial charge in [0.1, 0.15) is 5.75 Å². The third kappa shape index (κ3) is 3.96. The molecule has 0 spiro atoms. The molecule has 0 aromatic heterocycles. The van der Waals surface area contributed by atoms with E-state index in [4.69, 9.17) is 10.5 Å². The van der Waals surface area contributed by atoms with Gasteiger partial charge < -0.3 is 10.5 Å². The van der Waals surface area contributed by atoms with Crippen molar-refractivity contribution in [3.8, 4) is 5.75 Å². The number of rotatable bonds is 8. The van der Waals surface area contributed by atoms with Crippen molar-refractivity contribution in [3.05, 3.63) is 23.8 Å². The van der Waals surface area contributed by atoms with Crippen LogP contribution in [-0.4, -0.2) is 39.0 Å². The minimum atomic E-state index is -3.52. The predicted octanol–water partition coefficient (Wildman–Crippen LogP) is 2.01. The molecular weight excluding hydrogens is 288 g/mol. The van der Waals surface area contributed by atoms with Crippen LogP contribution in [0.4, 0.5) is 0 Å². The van der Waals surface area contributed by atoms with E-state index in [1.165, 1.54) is 4.31 Å². The number of benzene rings is 1. The highest BCUT2D eigenvalue weighted by Gasteiger charge is 2.28. The van der Waals surface area contributed by atoms with E-state index < -0.39 is 10.0 Å². The molecule has 2 N–H and O–H groups in total. The van der Waals surface area contributed by atoms with Crippen LogP contribution in [0.2, 0.25) is 0 Å². The summed E-state index contributed by atoms with van der Waals surface area (Å²) in [4.78, 5) is 0.330. The van der Waals surface area contributed by atoms with Crippen LogP contribution < -0.4 is 10.5 Å². The molecule has 1 aromatic carbocycles. The van der Waals surface area contributed by atoms with Crippen molar-refractivity contribution in [1.82, 2.24) is 4.31 Å². The molecule has 0 saturated heterocycles. The number of hydrogen-bond donors (Lipinski definition) is 1. The van der Waals surface area contributed by atoms with Crippen molar-refractivity contribution in [2.24, 2.45) is 5.73 Å². The first-order valence-electron chi connectivity index (χ1n) is 7.31. The van der Waals surface area contributed by atoms with Gasteiger partial charge in [0.05, 0.1) is 12.0 Å². The van der Waals surface area contributed by atoms with Crippen molar-refractivity contribution >= 4 is 10.0 Å². The SMILES string of the molecule is CCC(C)N(CC)S(=O)(=O)c1ccc(OC)cc1CCN. The molecule has 6 heteroatoms. The Morgan fingerprint density at radius 1 is 1.33 bits per heavy atom. The van der Waals surface area contributed by atoms with Gasteiger partial charge in [0, 0.05) is 12.6 Å². The first kappa shape index (κ1) is 17.9. The molecule has 0 heterocycles. The van der Waals surface area contributed by atoms with Gasteiger partial charge in [-0.25, -0.2) is 8.42 Å². The maximum atomic E-state index is 12.9. The highest BCUT2D eigenvalue weighted by atomic mass is 32.2. The molecule has 1 unspecified atom stereocenters. The Balaban J connectivity index is 3.35. The number of hydrogen-bond acceptors (Lipinski definition) is 4. The van der Waals surface area contributed by atoms with Crippen LogP contribution in [0.1, 0.15) is 32.8 Å². The molecule has 1 rings (SSSR count). The van der Waals surface area contributed by atoms with Gasteiger partial charge in [-0.3, -0.25) is 0 Å². The molecule has 0 bridgehead atoms. The molecule has 120 valence electrons. The fraction of sp³-hybridized carbons (Fsp3) is 0.600. The summed E-state index contributed by atoms with van der Waals surface area (Å²) in [5.74, 6) is 0.643. The zero-order valence-corrected chi connectivity index (χ0v) is 14.1. The molecule has 0 amide bonds. The summed E-state index contributed by atoms with van der Waals surface area (Å²) < 4.78 is 32.5. The lowest BCUT2D eigenvalue weighted by atomic mass is 10.1. The molecule has 1 atom stereocenters. The fourth-order valence-electron chi connectivity index (χ4n) is 2.33. The minimum Gasteiger partial charge on any atom is -0.497 e. The number of nitrogens with zero attached hydrogens (tertiary/aromatic N) is 1. The minimum absolute atomic E-state index is 0.0344. The monoisotopic (exact) mass is 314 g/mol. The Bertz CT molecular complexity index is 558. The van der Waals surface area contributed by atoms with E-state index >= 15 is 0 Å². The molecule has 5 nitrogen and oxygen atoms in total. The van der Waals surface area contributed by atoms with Gasteiger partial charge in [0.15, 0.2) is 0 Å². The van der Waals surface area contributed by atoms with Gasteiger partial charge in [-0.1, -0.05) is 13.8 Å². The normalized spacial score (nSPS) is 13.4. The van der Waals surface area contributed by atoms with E-state index in [0.717, 1.165) is 6.42 Å². The van der Waals surface area contributed by atoms with E-state index in [0.29, 0.717) is 35.7 Å². The van der Waals surface area contributed by atoms with Gasteiger partial charge >= 0.3 is 0 Å². The van der Waals surface area contributed by atoms with Crippen molar-refractivity contribution in [2.45, 2.75) is 44.6 Å². The first-order chi connectivity index (χ1) is 9.92. The molecule has 0 saturated carbocycles. The molecule has 0 aliphatic rings. The van der Waals surface area contributed by atoms with Crippen molar-refractivity contribution < 1.29 is 13.2 Å². The maximum absolute atomic E-state index is 12.9. The van der Waals surface area contributed by atoms with Crippen molar-refractivity contribution in [2.75, 3.05) is 20.2 Å². The van der Waals surface area contributed by atoms with Crippen LogP contribution in [0.3, 0.4) is 0 Å². The summed E-state index contributed by atoms with van der Waals surface area (Å²) in [7, 11) is -1.96. The van der Waals surface area contributed by atoms with Gasteiger partial charge in [0.2, 0.25) is 10.0 Å². The second-order valence-corrected chi connectivity index (χ2v) is 6.84. The number of nitrogens with two attached hydrogens (primary N) is 1. The highest BCUT2D eigenvalue weighted by Crippen LogP contribution is 2.26. The molecule has 21 heavy (non-hydrogen) atoms. The second kappa shape index (κ2) is 7.77. The summed E-state index contributed by atoms with van der Waals surface area (Å²) in [6.07, 6.45) is 1.28. The van der Waals surface area contributed by atoms with Gasteiger partial charge in [0.25, 0.3) is 0 Å². The average molecular weight is 314 g/mol. The molecule has 1 aromatic rings. The third-order valence-electron chi connectivity index (χ3n) is 3.66. The van der Waals surface area contributed by atoms with E-state index in [-0.39, 0.29) is 6.04 Å². The van der Waals surface area contributed by atoms with Gasteiger partial charge in [-0.05, 0) is 50.1 Å². The summed E-state index contributed by atoms with van der Waals surface area (Å²) in [6.45, 7) is 6.61. The first-order valence-corrected chi connectivity index (χ1v) is 8.75. The van der Waals surface area contributed by atoms with E-state index in [1.807, 2.05) is 20.8 Å². The topological polar surface area (TPSA) is 72.6 Å². The number of sulfonamides is 1. The Kier molecular flexibility index (Phi) is 6.64. The molecule has 0 aliphatic carbocycles. The van der Waals surface area contributed by atoms with Crippen LogP contribution in [0.15, 0.2) is 23.1 Å². The van der Waals surface area contributed by atoms with Crippen molar-refractivity contribution in [3.63, 3.8) is 0 Å². The summed E-state index contributed by atoms with van der Waals surface area (Å²) in [5.41, 5.74) is 6.32. The summed E-state index contributed by atoms with van der Waals surface area (Å²) in [6, 6.07) is 5.01. The van der Waals surface area contributed by atoms with E-state index in [9.17, 15) is 8.42 Å².